The van der Waals surface area contributed by atoms with E-state index in [2.05, 4.69) is 24.4 Å². The van der Waals surface area contributed by atoms with Crippen molar-refractivity contribution >= 4 is 11.8 Å². The molecule has 7 nitrogen and oxygen atoms in total. The average molecular weight is 302 g/mol. The molecule has 0 amide bonds. The summed E-state index contributed by atoms with van der Waals surface area (Å²) in [6.07, 6.45) is 5.09. The number of nitrogen functional groups attached to an aromatic ring is 1. The Morgan fingerprint density at radius 1 is 1.41 bits per heavy atom. The number of aromatic nitrogens is 4. The molecule has 0 saturated heterocycles. The minimum absolute atomic E-state index is 0.202. The maximum absolute atomic E-state index is 9.45. The van der Waals surface area contributed by atoms with Crippen molar-refractivity contribution in [1.82, 2.24) is 19.5 Å². The van der Waals surface area contributed by atoms with Crippen molar-refractivity contribution in [2.24, 2.45) is 0 Å². The van der Waals surface area contributed by atoms with E-state index in [0.717, 1.165) is 43.3 Å². The summed E-state index contributed by atoms with van der Waals surface area (Å²) in [6.45, 7) is 3.63. The second-order valence-corrected chi connectivity index (χ2v) is 5.92. The summed E-state index contributed by atoms with van der Waals surface area (Å²) in [4.78, 5) is 14.9. The molecule has 1 saturated carbocycles. The first-order valence-electron chi connectivity index (χ1n) is 7.54. The van der Waals surface area contributed by atoms with Crippen molar-refractivity contribution in [2.45, 2.75) is 38.3 Å². The summed E-state index contributed by atoms with van der Waals surface area (Å²) in [7, 11) is 1.99. The smallest absolute Gasteiger partial charge is 0.222 e. The van der Waals surface area contributed by atoms with Crippen LogP contribution in [0.4, 0.5) is 11.8 Å². The Hall–Kier alpha value is -2.15. The first-order chi connectivity index (χ1) is 10.5. The number of anilines is 2. The van der Waals surface area contributed by atoms with Crippen molar-refractivity contribution in [3.05, 3.63) is 30.0 Å². The van der Waals surface area contributed by atoms with Crippen molar-refractivity contribution in [3.8, 4) is 0 Å². The van der Waals surface area contributed by atoms with Crippen LogP contribution in [0.5, 0.6) is 0 Å². The fourth-order valence-corrected chi connectivity index (χ4v) is 2.72. The zero-order chi connectivity index (χ0) is 15.7. The summed E-state index contributed by atoms with van der Waals surface area (Å²) in [5.74, 6) is 2.41. The Balaban J connectivity index is 1.69. The second-order valence-electron chi connectivity index (χ2n) is 5.92. The number of hydrogen-bond acceptors (Lipinski definition) is 6. The van der Waals surface area contributed by atoms with E-state index in [0.29, 0.717) is 11.9 Å². The summed E-state index contributed by atoms with van der Waals surface area (Å²) >= 11 is 0. The quantitative estimate of drug-likeness (QED) is 0.854. The fourth-order valence-electron chi connectivity index (χ4n) is 2.72. The van der Waals surface area contributed by atoms with Gasteiger partial charge in [0, 0.05) is 44.5 Å². The minimum Gasteiger partial charge on any atom is -0.393 e. The van der Waals surface area contributed by atoms with Crippen LogP contribution in [0.25, 0.3) is 0 Å². The van der Waals surface area contributed by atoms with Gasteiger partial charge in [0.1, 0.15) is 11.6 Å². The molecule has 0 aliphatic heterocycles. The molecule has 0 aromatic carbocycles. The van der Waals surface area contributed by atoms with Gasteiger partial charge in [0.05, 0.1) is 11.8 Å². The molecule has 3 N–H and O–H groups in total. The normalized spacial score (nSPS) is 20.7. The number of aliphatic hydroxyl groups is 1. The zero-order valence-electron chi connectivity index (χ0n) is 13.0. The Labute approximate surface area is 129 Å². The predicted molar refractivity (Wildman–Crippen MR) is 84.7 cm³/mol. The van der Waals surface area contributed by atoms with E-state index < -0.39 is 0 Å². The van der Waals surface area contributed by atoms with Crippen LogP contribution in [0.2, 0.25) is 0 Å². The molecule has 118 valence electrons. The topological polar surface area (TPSA) is 93.1 Å². The van der Waals surface area contributed by atoms with E-state index in [4.69, 9.17) is 5.73 Å². The molecule has 0 bridgehead atoms. The van der Waals surface area contributed by atoms with Crippen LogP contribution in [0.1, 0.15) is 30.3 Å². The van der Waals surface area contributed by atoms with E-state index in [-0.39, 0.29) is 6.10 Å². The molecular formula is C15H22N6O. The van der Waals surface area contributed by atoms with Gasteiger partial charge in [-0.25, -0.2) is 9.97 Å². The molecule has 0 atom stereocenters. The van der Waals surface area contributed by atoms with Crippen molar-refractivity contribution in [3.63, 3.8) is 0 Å². The fraction of sp³-hybridized carbons (Fsp3) is 0.533. The summed E-state index contributed by atoms with van der Waals surface area (Å²) < 4.78 is 2.10. The largest absolute Gasteiger partial charge is 0.393 e. The van der Waals surface area contributed by atoms with Crippen LogP contribution in [0.3, 0.4) is 0 Å². The van der Waals surface area contributed by atoms with Gasteiger partial charge in [0.15, 0.2) is 0 Å². The number of aryl methyl sites for hydroxylation is 1. The van der Waals surface area contributed by atoms with Gasteiger partial charge in [0.2, 0.25) is 5.95 Å². The number of likely N-dealkylation sites (N-methyl/N-ethyl adjacent to an activating group) is 1. The third-order valence-electron chi connectivity index (χ3n) is 4.27. The second kappa shape index (κ2) is 5.92. The first kappa shape index (κ1) is 14.8. The lowest BCUT2D eigenvalue weighted by molar-refractivity contribution is 0.0732. The van der Waals surface area contributed by atoms with Crippen molar-refractivity contribution in [2.75, 3.05) is 24.2 Å². The Morgan fingerprint density at radius 3 is 2.82 bits per heavy atom. The Morgan fingerprint density at radius 2 is 2.18 bits per heavy atom. The highest BCUT2D eigenvalue weighted by atomic mass is 16.3. The highest BCUT2D eigenvalue weighted by Crippen LogP contribution is 2.36. The first-order valence-corrected chi connectivity index (χ1v) is 7.54. The van der Waals surface area contributed by atoms with E-state index in [9.17, 15) is 5.11 Å². The van der Waals surface area contributed by atoms with Gasteiger partial charge >= 0.3 is 0 Å². The van der Waals surface area contributed by atoms with Crippen molar-refractivity contribution < 1.29 is 5.11 Å². The number of nitrogens with zero attached hydrogens (tertiary/aromatic N) is 5. The third-order valence-corrected chi connectivity index (χ3v) is 4.27. The molecule has 2 heterocycles. The molecule has 1 fully saturated rings. The molecule has 1 aliphatic carbocycles. The average Bonchev–Trinajstić information content (AvgIpc) is 2.86. The van der Waals surface area contributed by atoms with Crippen LogP contribution in [0, 0.1) is 6.92 Å². The van der Waals surface area contributed by atoms with Gasteiger partial charge in [0.25, 0.3) is 0 Å². The van der Waals surface area contributed by atoms with Gasteiger partial charge in [-0.15, -0.1) is 0 Å². The lowest BCUT2D eigenvalue weighted by Gasteiger charge is -2.31. The maximum atomic E-state index is 9.45. The van der Waals surface area contributed by atoms with E-state index >= 15 is 0 Å². The summed E-state index contributed by atoms with van der Waals surface area (Å²) in [5.41, 5.74) is 6.77. The van der Waals surface area contributed by atoms with Gasteiger partial charge < -0.3 is 20.3 Å². The number of imidazole rings is 1. The summed E-state index contributed by atoms with van der Waals surface area (Å²) in [5, 5.41) is 9.45. The minimum atomic E-state index is -0.202. The lowest BCUT2D eigenvalue weighted by atomic mass is 9.80. The molecule has 0 spiro atoms. The zero-order valence-corrected chi connectivity index (χ0v) is 13.0. The third kappa shape index (κ3) is 3.04. The molecular weight excluding hydrogens is 280 g/mol. The molecule has 0 unspecified atom stereocenters. The number of rotatable bonds is 5. The monoisotopic (exact) mass is 302 g/mol. The van der Waals surface area contributed by atoms with Crippen LogP contribution in [-0.4, -0.2) is 44.3 Å². The SMILES string of the molecule is Cc1nccn1CCN(C)c1cc(C2CC(O)C2)nc(N)n1. The highest BCUT2D eigenvalue weighted by Gasteiger charge is 2.30. The number of hydrogen-bond donors (Lipinski definition) is 2. The molecule has 7 heteroatoms. The van der Waals surface area contributed by atoms with Crippen LogP contribution < -0.4 is 10.6 Å². The Bertz CT molecular complexity index is 649. The van der Waals surface area contributed by atoms with Gasteiger partial charge in [-0.2, -0.15) is 4.98 Å². The molecule has 2 aromatic rings. The number of aliphatic hydroxyl groups excluding tert-OH is 1. The predicted octanol–water partition coefficient (Wildman–Crippen LogP) is 0.938. The summed E-state index contributed by atoms with van der Waals surface area (Å²) in [6, 6.07) is 1.98. The van der Waals surface area contributed by atoms with Gasteiger partial charge in [-0.1, -0.05) is 0 Å². The molecule has 22 heavy (non-hydrogen) atoms. The van der Waals surface area contributed by atoms with Gasteiger partial charge in [-0.05, 0) is 19.8 Å². The molecule has 1 aliphatic rings. The molecule has 2 aromatic heterocycles. The standard InChI is InChI=1S/C15H22N6O/c1-10-17-3-4-21(10)6-5-20(2)14-9-13(18-15(16)19-14)11-7-12(22)8-11/h3-4,9,11-12,22H,5-8H2,1-2H3,(H2,16,18,19). The van der Waals surface area contributed by atoms with E-state index in [1.165, 1.54) is 0 Å². The van der Waals surface area contributed by atoms with Gasteiger partial charge in [-0.3, -0.25) is 0 Å². The van der Waals surface area contributed by atoms with E-state index in [1.807, 2.05) is 26.2 Å². The molecule has 0 radical (unpaired) electrons. The van der Waals surface area contributed by atoms with E-state index in [1.54, 1.807) is 6.20 Å². The lowest BCUT2D eigenvalue weighted by Crippen LogP contribution is -2.29. The molecule has 3 rings (SSSR count). The maximum Gasteiger partial charge on any atom is 0.222 e. The van der Waals surface area contributed by atoms with Crippen LogP contribution in [-0.2, 0) is 6.54 Å². The number of nitrogens with two attached hydrogens (primary N) is 1. The van der Waals surface area contributed by atoms with Crippen LogP contribution in [0.15, 0.2) is 18.5 Å². The van der Waals surface area contributed by atoms with Crippen LogP contribution >= 0.6 is 0 Å². The van der Waals surface area contributed by atoms with Crippen molar-refractivity contribution in [1.29, 1.82) is 0 Å². The highest BCUT2D eigenvalue weighted by molar-refractivity contribution is 5.44. The Kier molecular flexibility index (Phi) is 3.98.